The smallest absolute Gasteiger partial charge is 0.326 e. The van der Waals surface area contributed by atoms with E-state index >= 15 is 0 Å². The van der Waals surface area contributed by atoms with Crippen LogP contribution in [0.2, 0.25) is 0 Å². The Balaban J connectivity index is 1.65. The number of hydrogen-bond donors (Lipinski definition) is 1. The first kappa shape index (κ1) is 17.4. The van der Waals surface area contributed by atoms with Crippen molar-refractivity contribution in [1.82, 2.24) is 14.8 Å². The molecule has 7 heteroatoms. The zero-order chi connectivity index (χ0) is 18.0. The highest BCUT2D eigenvalue weighted by atomic mass is 16.4. The van der Waals surface area contributed by atoms with Crippen molar-refractivity contribution in [2.24, 2.45) is 5.41 Å². The lowest BCUT2D eigenvalue weighted by Crippen LogP contribution is -2.55. The molecule has 3 heterocycles. The van der Waals surface area contributed by atoms with Crippen molar-refractivity contribution in [3.05, 3.63) is 30.1 Å². The summed E-state index contributed by atoms with van der Waals surface area (Å²) in [4.78, 5) is 43.2. The maximum atomic E-state index is 12.5. The Morgan fingerprint density at radius 3 is 2.44 bits per heavy atom. The molecule has 0 radical (unpaired) electrons. The third kappa shape index (κ3) is 3.50. The molecule has 1 unspecified atom stereocenters. The summed E-state index contributed by atoms with van der Waals surface area (Å²) in [6.07, 6.45) is 5.95. The first-order valence-corrected chi connectivity index (χ1v) is 8.63. The van der Waals surface area contributed by atoms with E-state index in [0.717, 1.165) is 19.3 Å². The number of aromatic nitrogens is 1. The molecule has 3 rings (SSSR count). The van der Waals surface area contributed by atoms with Gasteiger partial charge in [-0.3, -0.25) is 14.6 Å². The molecule has 7 nitrogen and oxygen atoms in total. The van der Waals surface area contributed by atoms with Gasteiger partial charge in [-0.2, -0.15) is 0 Å². The van der Waals surface area contributed by atoms with Gasteiger partial charge in [0.15, 0.2) is 0 Å². The predicted molar refractivity (Wildman–Crippen MR) is 89.9 cm³/mol. The Bertz CT molecular complexity index is 668. The van der Waals surface area contributed by atoms with Gasteiger partial charge < -0.3 is 14.9 Å². The molecule has 0 bridgehead atoms. The fraction of sp³-hybridized carbons (Fsp3) is 0.556. The fourth-order valence-corrected chi connectivity index (χ4v) is 3.80. The van der Waals surface area contributed by atoms with Gasteiger partial charge in [-0.1, -0.05) is 0 Å². The number of hydrogen-bond acceptors (Lipinski definition) is 4. The Hall–Kier alpha value is -2.44. The minimum atomic E-state index is -0.976. The molecule has 2 amide bonds. The number of piperidine rings is 2. The van der Waals surface area contributed by atoms with Crippen molar-refractivity contribution in [2.45, 2.75) is 38.6 Å². The summed E-state index contributed by atoms with van der Waals surface area (Å²) >= 11 is 0. The molecular weight excluding hydrogens is 322 g/mol. The van der Waals surface area contributed by atoms with Crippen LogP contribution in [0.3, 0.4) is 0 Å². The number of nitrogens with zero attached hydrogens (tertiary/aromatic N) is 3. The molecule has 0 saturated carbocycles. The van der Waals surface area contributed by atoms with Crippen molar-refractivity contribution >= 4 is 17.8 Å². The number of carbonyl (C=O) groups is 3. The zero-order valence-electron chi connectivity index (χ0n) is 14.4. The molecule has 2 fully saturated rings. The highest BCUT2D eigenvalue weighted by Crippen LogP contribution is 2.41. The number of carbonyl (C=O) groups excluding carboxylic acids is 2. The normalized spacial score (nSPS) is 21.2. The standard InChI is InChI=1S/C18H23N3O4/c1-13(17(24)25)21-12-18(5-2-15(21)22)6-10-20(11-7-18)16(23)14-3-8-19-9-4-14/h3-4,8-9,13H,2,5-7,10-12H2,1H3,(H,24,25). The summed E-state index contributed by atoms with van der Waals surface area (Å²) in [5, 5.41) is 9.23. The third-order valence-corrected chi connectivity index (χ3v) is 5.56. The lowest BCUT2D eigenvalue weighted by Gasteiger charge is -2.48. The molecule has 1 aromatic rings. The molecule has 1 spiro atoms. The molecular formula is C18H23N3O4. The zero-order valence-corrected chi connectivity index (χ0v) is 14.4. The van der Waals surface area contributed by atoms with Gasteiger partial charge in [0.1, 0.15) is 6.04 Å². The minimum absolute atomic E-state index is 0.0000963. The van der Waals surface area contributed by atoms with Gasteiger partial charge in [-0.25, -0.2) is 4.79 Å². The molecule has 2 saturated heterocycles. The maximum Gasteiger partial charge on any atom is 0.326 e. The SMILES string of the molecule is CC(C(=O)O)N1CC2(CCC1=O)CCN(C(=O)c1ccncc1)CC2. The van der Waals surface area contributed by atoms with E-state index in [1.54, 1.807) is 31.5 Å². The van der Waals surface area contributed by atoms with E-state index in [9.17, 15) is 19.5 Å². The number of amides is 2. The first-order chi connectivity index (χ1) is 11.9. The average Bonchev–Trinajstić information content (AvgIpc) is 2.64. The van der Waals surface area contributed by atoms with Crippen LogP contribution in [0.1, 0.15) is 43.0 Å². The van der Waals surface area contributed by atoms with Crippen LogP contribution >= 0.6 is 0 Å². The molecule has 1 N–H and O–H groups in total. The molecule has 25 heavy (non-hydrogen) atoms. The lowest BCUT2D eigenvalue weighted by molar-refractivity contribution is -0.154. The summed E-state index contributed by atoms with van der Waals surface area (Å²) in [5.41, 5.74) is 0.554. The Labute approximate surface area is 146 Å². The number of carboxylic acids is 1. The molecule has 134 valence electrons. The van der Waals surface area contributed by atoms with E-state index in [4.69, 9.17) is 0 Å². The van der Waals surface area contributed by atoms with Crippen LogP contribution in [0.15, 0.2) is 24.5 Å². The van der Waals surface area contributed by atoms with Crippen LogP contribution in [0, 0.1) is 5.41 Å². The van der Waals surface area contributed by atoms with Crippen molar-refractivity contribution in [3.63, 3.8) is 0 Å². The van der Waals surface area contributed by atoms with Gasteiger partial charge >= 0.3 is 5.97 Å². The van der Waals surface area contributed by atoms with Gasteiger partial charge in [-0.15, -0.1) is 0 Å². The van der Waals surface area contributed by atoms with Crippen LogP contribution in [0.25, 0.3) is 0 Å². The van der Waals surface area contributed by atoms with E-state index in [2.05, 4.69) is 4.98 Å². The van der Waals surface area contributed by atoms with Gasteiger partial charge in [0.25, 0.3) is 5.91 Å². The Morgan fingerprint density at radius 2 is 1.84 bits per heavy atom. The van der Waals surface area contributed by atoms with Crippen molar-refractivity contribution in [1.29, 1.82) is 0 Å². The second-order valence-corrected chi connectivity index (χ2v) is 7.06. The number of carboxylic acid groups (broad SMARTS) is 1. The lowest BCUT2D eigenvalue weighted by atomic mass is 9.72. The van der Waals surface area contributed by atoms with E-state index < -0.39 is 12.0 Å². The van der Waals surface area contributed by atoms with Gasteiger partial charge in [0, 0.05) is 44.0 Å². The highest BCUT2D eigenvalue weighted by Gasteiger charge is 2.43. The number of likely N-dealkylation sites (tertiary alicyclic amines) is 2. The van der Waals surface area contributed by atoms with Crippen LogP contribution < -0.4 is 0 Å². The second-order valence-electron chi connectivity index (χ2n) is 7.06. The van der Waals surface area contributed by atoms with Gasteiger partial charge in [0.2, 0.25) is 5.91 Å². The summed E-state index contributed by atoms with van der Waals surface area (Å²) < 4.78 is 0. The van der Waals surface area contributed by atoms with Crippen molar-refractivity contribution in [3.8, 4) is 0 Å². The monoisotopic (exact) mass is 345 g/mol. The van der Waals surface area contributed by atoms with Crippen molar-refractivity contribution < 1.29 is 19.5 Å². The highest BCUT2D eigenvalue weighted by molar-refractivity contribution is 5.94. The van der Waals surface area contributed by atoms with Crippen LogP contribution in [0.4, 0.5) is 0 Å². The van der Waals surface area contributed by atoms with Gasteiger partial charge in [0.05, 0.1) is 0 Å². The van der Waals surface area contributed by atoms with Crippen LogP contribution in [0.5, 0.6) is 0 Å². The predicted octanol–water partition coefficient (Wildman–Crippen LogP) is 1.40. The van der Waals surface area contributed by atoms with Crippen molar-refractivity contribution in [2.75, 3.05) is 19.6 Å². The summed E-state index contributed by atoms with van der Waals surface area (Å²) in [6.45, 7) is 3.28. The van der Waals surface area contributed by atoms with Crippen LogP contribution in [-0.4, -0.2) is 63.4 Å². The molecule has 0 aliphatic carbocycles. The maximum absolute atomic E-state index is 12.5. The molecule has 1 atom stereocenters. The van der Waals surface area contributed by atoms with E-state index in [0.29, 0.717) is 31.6 Å². The summed E-state index contributed by atoms with van der Waals surface area (Å²) in [5.74, 6) is -1.06. The number of aliphatic carboxylic acids is 1. The summed E-state index contributed by atoms with van der Waals surface area (Å²) in [6, 6.07) is 2.62. The topological polar surface area (TPSA) is 90.8 Å². The fourth-order valence-electron chi connectivity index (χ4n) is 3.80. The number of pyridine rings is 1. The molecule has 0 aromatic carbocycles. The number of rotatable bonds is 3. The van der Waals surface area contributed by atoms with E-state index in [-0.39, 0.29) is 17.2 Å². The Morgan fingerprint density at radius 1 is 1.20 bits per heavy atom. The Kier molecular flexibility index (Phi) is 4.74. The third-order valence-electron chi connectivity index (χ3n) is 5.56. The second kappa shape index (κ2) is 6.82. The molecule has 2 aliphatic rings. The first-order valence-electron chi connectivity index (χ1n) is 8.63. The summed E-state index contributed by atoms with van der Waals surface area (Å²) in [7, 11) is 0. The van der Waals surface area contributed by atoms with Crippen LogP contribution in [-0.2, 0) is 9.59 Å². The quantitative estimate of drug-likeness (QED) is 0.894. The molecule has 2 aliphatic heterocycles. The van der Waals surface area contributed by atoms with E-state index in [1.807, 2.05) is 4.90 Å². The van der Waals surface area contributed by atoms with E-state index in [1.165, 1.54) is 4.90 Å². The largest absolute Gasteiger partial charge is 0.480 e. The average molecular weight is 345 g/mol. The minimum Gasteiger partial charge on any atom is -0.480 e. The molecule has 1 aromatic heterocycles. The van der Waals surface area contributed by atoms with Gasteiger partial charge in [-0.05, 0) is 43.7 Å².